The van der Waals surface area contributed by atoms with Crippen molar-refractivity contribution in [1.29, 1.82) is 0 Å². The Morgan fingerprint density at radius 2 is 1.71 bits per heavy atom. The van der Waals surface area contributed by atoms with E-state index in [2.05, 4.69) is 4.90 Å². The Morgan fingerprint density at radius 3 is 2.36 bits per heavy atom. The van der Waals surface area contributed by atoms with Crippen LogP contribution < -0.4 is 0 Å². The third-order valence-corrected chi connectivity index (χ3v) is 6.54. The summed E-state index contributed by atoms with van der Waals surface area (Å²) in [6, 6.07) is 15.9. The van der Waals surface area contributed by atoms with E-state index >= 15 is 0 Å². The lowest BCUT2D eigenvalue weighted by molar-refractivity contribution is -0.385. The van der Waals surface area contributed by atoms with Crippen LogP contribution in [0.25, 0.3) is 6.08 Å². The van der Waals surface area contributed by atoms with Crippen molar-refractivity contribution in [3.8, 4) is 0 Å². The molecule has 0 saturated carbocycles. The standard InChI is InChI=1S/C20H23N3O4S/c1-17(19-8-5-9-20(16-19)23(24)25)21-11-13-22(14-12-21)28(26,27)15-10-18-6-3-2-4-7-18/h2-10,15-17H,11-14H2,1H3/b15-10+/t17-/m1/s1. The predicted octanol–water partition coefficient (Wildman–Crippen LogP) is 3.27. The van der Waals surface area contributed by atoms with Crippen molar-refractivity contribution < 1.29 is 13.3 Å². The summed E-state index contributed by atoms with van der Waals surface area (Å²) in [5.74, 6) is 0. The van der Waals surface area contributed by atoms with E-state index in [1.54, 1.807) is 18.2 Å². The van der Waals surface area contributed by atoms with Crippen molar-refractivity contribution in [3.63, 3.8) is 0 Å². The van der Waals surface area contributed by atoms with E-state index in [0.717, 1.165) is 11.1 Å². The van der Waals surface area contributed by atoms with Crippen molar-refractivity contribution in [2.45, 2.75) is 13.0 Å². The maximum atomic E-state index is 12.6. The van der Waals surface area contributed by atoms with Gasteiger partial charge in [0.1, 0.15) is 0 Å². The lowest BCUT2D eigenvalue weighted by atomic mass is 10.1. The zero-order valence-electron chi connectivity index (χ0n) is 15.6. The molecular weight excluding hydrogens is 378 g/mol. The van der Waals surface area contributed by atoms with Crippen molar-refractivity contribution in [1.82, 2.24) is 9.21 Å². The number of nitro groups is 1. The number of nitro benzene ring substituents is 1. The van der Waals surface area contributed by atoms with Crippen molar-refractivity contribution >= 4 is 21.8 Å². The van der Waals surface area contributed by atoms with Crippen LogP contribution in [0.15, 0.2) is 60.0 Å². The lowest BCUT2D eigenvalue weighted by Gasteiger charge is -2.37. The van der Waals surface area contributed by atoms with Gasteiger partial charge in [-0.25, -0.2) is 8.42 Å². The SMILES string of the molecule is C[C@H](c1cccc([N+](=O)[O-])c1)N1CCN(S(=O)(=O)/C=C/c2ccccc2)CC1. The highest BCUT2D eigenvalue weighted by Gasteiger charge is 2.28. The highest BCUT2D eigenvalue weighted by Crippen LogP contribution is 2.25. The molecule has 0 unspecified atom stereocenters. The molecule has 8 heteroatoms. The Kier molecular flexibility index (Phi) is 6.23. The zero-order valence-corrected chi connectivity index (χ0v) is 16.5. The average molecular weight is 401 g/mol. The first-order valence-corrected chi connectivity index (χ1v) is 10.6. The van der Waals surface area contributed by atoms with Crippen LogP contribution in [0.4, 0.5) is 5.69 Å². The molecule has 7 nitrogen and oxygen atoms in total. The minimum absolute atomic E-state index is 0.0235. The van der Waals surface area contributed by atoms with Gasteiger partial charge in [-0.2, -0.15) is 4.31 Å². The molecule has 28 heavy (non-hydrogen) atoms. The largest absolute Gasteiger partial charge is 0.294 e. The normalized spacial score (nSPS) is 17.6. The lowest BCUT2D eigenvalue weighted by Crippen LogP contribution is -2.48. The number of non-ortho nitro benzene ring substituents is 1. The van der Waals surface area contributed by atoms with E-state index in [1.807, 2.05) is 43.3 Å². The van der Waals surface area contributed by atoms with E-state index in [4.69, 9.17) is 0 Å². The van der Waals surface area contributed by atoms with Crippen LogP contribution in [0.3, 0.4) is 0 Å². The van der Waals surface area contributed by atoms with Crippen LogP contribution in [0, 0.1) is 10.1 Å². The number of rotatable bonds is 6. The molecule has 1 fully saturated rings. The maximum absolute atomic E-state index is 12.6. The fraction of sp³-hybridized carbons (Fsp3) is 0.300. The Balaban J connectivity index is 1.63. The fourth-order valence-electron chi connectivity index (χ4n) is 3.27. The Bertz CT molecular complexity index is 952. The van der Waals surface area contributed by atoms with Gasteiger partial charge in [0.05, 0.1) is 4.92 Å². The third-order valence-electron chi connectivity index (χ3n) is 4.98. The van der Waals surface area contributed by atoms with Gasteiger partial charge in [-0.05, 0) is 24.1 Å². The van der Waals surface area contributed by atoms with Crippen molar-refractivity contribution in [2.75, 3.05) is 26.2 Å². The zero-order chi connectivity index (χ0) is 20.1. The van der Waals surface area contributed by atoms with Gasteiger partial charge in [-0.1, -0.05) is 42.5 Å². The highest BCUT2D eigenvalue weighted by molar-refractivity contribution is 7.92. The molecular formula is C20H23N3O4S. The summed E-state index contributed by atoms with van der Waals surface area (Å²) in [6.07, 6.45) is 1.60. The second kappa shape index (κ2) is 8.64. The molecule has 0 N–H and O–H groups in total. The molecule has 1 atom stereocenters. The van der Waals surface area contributed by atoms with E-state index < -0.39 is 14.9 Å². The van der Waals surface area contributed by atoms with Crippen LogP contribution in [-0.4, -0.2) is 48.7 Å². The summed E-state index contributed by atoms with van der Waals surface area (Å²) in [6.45, 7) is 3.91. The maximum Gasteiger partial charge on any atom is 0.269 e. The molecule has 2 aromatic carbocycles. The minimum Gasteiger partial charge on any atom is -0.294 e. The first-order chi connectivity index (χ1) is 13.4. The number of sulfonamides is 1. The van der Waals surface area contributed by atoms with Crippen molar-refractivity contribution in [2.24, 2.45) is 0 Å². The highest BCUT2D eigenvalue weighted by atomic mass is 32.2. The van der Waals surface area contributed by atoms with Gasteiger partial charge < -0.3 is 0 Å². The molecule has 0 radical (unpaired) electrons. The molecule has 1 saturated heterocycles. The number of piperazine rings is 1. The van der Waals surface area contributed by atoms with Crippen molar-refractivity contribution in [3.05, 3.63) is 81.2 Å². The first-order valence-electron chi connectivity index (χ1n) is 9.08. The van der Waals surface area contributed by atoms with Gasteiger partial charge in [0.2, 0.25) is 10.0 Å². The van der Waals surface area contributed by atoms with Gasteiger partial charge in [-0.3, -0.25) is 15.0 Å². The molecule has 0 bridgehead atoms. The van der Waals surface area contributed by atoms with Gasteiger partial charge in [0.15, 0.2) is 0 Å². The smallest absolute Gasteiger partial charge is 0.269 e. The van der Waals surface area contributed by atoms with Gasteiger partial charge in [0, 0.05) is 49.8 Å². The Hall–Kier alpha value is -2.55. The second-order valence-electron chi connectivity index (χ2n) is 6.72. The number of hydrogen-bond donors (Lipinski definition) is 0. The topological polar surface area (TPSA) is 83.8 Å². The van der Waals surface area contributed by atoms with Gasteiger partial charge in [-0.15, -0.1) is 0 Å². The van der Waals surface area contributed by atoms with E-state index in [-0.39, 0.29) is 11.7 Å². The molecule has 0 spiro atoms. The molecule has 0 amide bonds. The summed E-state index contributed by atoms with van der Waals surface area (Å²) in [7, 11) is -3.48. The molecule has 3 rings (SSSR count). The average Bonchev–Trinajstić information content (AvgIpc) is 2.73. The quantitative estimate of drug-likeness (QED) is 0.548. The fourth-order valence-corrected chi connectivity index (χ4v) is 4.44. The summed E-state index contributed by atoms with van der Waals surface area (Å²) in [5, 5.41) is 12.2. The van der Waals surface area contributed by atoms with Crippen LogP contribution in [0.2, 0.25) is 0 Å². The molecule has 1 heterocycles. The number of nitrogens with zero attached hydrogens (tertiary/aromatic N) is 3. The molecule has 148 valence electrons. The van der Waals surface area contributed by atoms with Gasteiger partial charge >= 0.3 is 0 Å². The summed E-state index contributed by atoms with van der Waals surface area (Å²) >= 11 is 0. The predicted molar refractivity (Wildman–Crippen MR) is 109 cm³/mol. The third kappa shape index (κ3) is 4.83. The first kappa shape index (κ1) is 20.2. The van der Waals surface area contributed by atoms with Crippen LogP contribution in [0.5, 0.6) is 0 Å². The monoisotopic (exact) mass is 401 g/mol. The van der Waals surface area contributed by atoms with Gasteiger partial charge in [0.25, 0.3) is 5.69 Å². The van der Waals surface area contributed by atoms with Crippen LogP contribution in [-0.2, 0) is 10.0 Å². The Morgan fingerprint density at radius 1 is 1.04 bits per heavy atom. The molecule has 1 aliphatic heterocycles. The van der Waals surface area contributed by atoms with E-state index in [0.29, 0.717) is 26.2 Å². The molecule has 0 aromatic heterocycles. The summed E-state index contributed by atoms with van der Waals surface area (Å²) in [5.41, 5.74) is 1.76. The molecule has 2 aromatic rings. The number of hydrogen-bond acceptors (Lipinski definition) is 5. The molecule has 0 aliphatic carbocycles. The summed E-state index contributed by atoms with van der Waals surface area (Å²) < 4.78 is 26.6. The van der Waals surface area contributed by atoms with E-state index in [9.17, 15) is 18.5 Å². The van der Waals surface area contributed by atoms with Crippen LogP contribution in [0.1, 0.15) is 24.1 Å². The Labute approximate surface area is 165 Å². The summed E-state index contributed by atoms with van der Waals surface area (Å²) in [4.78, 5) is 12.7. The minimum atomic E-state index is -3.48. The van der Waals surface area contributed by atoms with Crippen LogP contribution >= 0.6 is 0 Å². The van der Waals surface area contributed by atoms with E-state index in [1.165, 1.54) is 15.8 Å². The molecule has 1 aliphatic rings. The number of benzene rings is 2. The second-order valence-corrected chi connectivity index (χ2v) is 8.54.